The first-order chi connectivity index (χ1) is 18.4. The number of pyridine rings is 1. The molecule has 0 radical (unpaired) electrons. The molecule has 1 fully saturated rings. The van der Waals surface area contributed by atoms with Crippen LogP contribution in [0.3, 0.4) is 0 Å². The minimum Gasteiger partial charge on any atom is -0.497 e. The van der Waals surface area contributed by atoms with E-state index >= 15 is 0 Å². The van der Waals surface area contributed by atoms with Crippen LogP contribution in [0.4, 0.5) is 10.6 Å². The summed E-state index contributed by atoms with van der Waals surface area (Å²) in [5.41, 5.74) is 0.822. The van der Waals surface area contributed by atoms with E-state index in [4.69, 9.17) is 14.5 Å². The van der Waals surface area contributed by atoms with Gasteiger partial charge in [-0.05, 0) is 75.9 Å². The number of hydrogen-bond acceptors (Lipinski definition) is 8. The fourth-order valence-corrected chi connectivity index (χ4v) is 4.83. The predicted octanol–water partition coefficient (Wildman–Crippen LogP) is 3.95. The van der Waals surface area contributed by atoms with Crippen molar-refractivity contribution in [1.29, 1.82) is 0 Å². The number of rotatable bonds is 7. The molecule has 11 heteroatoms. The van der Waals surface area contributed by atoms with Crippen molar-refractivity contribution in [1.82, 2.24) is 24.6 Å². The summed E-state index contributed by atoms with van der Waals surface area (Å²) in [5.74, 6) is 1.31. The van der Waals surface area contributed by atoms with Crippen LogP contribution in [0.1, 0.15) is 62.0 Å². The van der Waals surface area contributed by atoms with Crippen LogP contribution in [-0.4, -0.2) is 61.5 Å². The first kappa shape index (κ1) is 26.6. The number of amides is 2. The third-order valence-electron chi connectivity index (χ3n) is 7.08. The average Bonchev–Trinajstić information content (AvgIpc) is 3.53. The summed E-state index contributed by atoms with van der Waals surface area (Å²) in [6.45, 7) is 7.71. The van der Waals surface area contributed by atoms with Crippen molar-refractivity contribution in [3.8, 4) is 17.3 Å². The van der Waals surface area contributed by atoms with E-state index in [1.54, 1.807) is 47.7 Å². The highest BCUT2D eigenvalue weighted by Gasteiger charge is 2.43. The summed E-state index contributed by atoms with van der Waals surface area (Å²) >= 11 is 0. The van der Waals surface area contributed by atoms with E-state index in [0.29, 0.717) is 28.6 Å². The van der Waals surface area contributed by atoms with Crippen LogP contribution in [0.5, 0.6) is 5.75 Å². The molecule has 2 aromatic heterocycles. The van der Waals surface area contributed by atoms with Crippen LogP contribution in [0, 0.1) is 5.92 Å². The van der Waals surface area contributed by atoms with Gasteiger partial charge in [-0.25, -0.2) is 9.78 Å². The molecule has 3 heterocycles. The molecule has 0 spiro atoms. The number of benzene rings is 1. The van der Waals surface area contributed by atoms with Gasteiger partial charge in [0, 0.05) is 25.1 Å². The van der Waals surface area contributed by atoms with Gasteiger partial charge in [0.15, 0.2) is 5.82 Å². The Kier molecular flexibility index (Phi) is 6.58. The number of carbonyl (C=O) groups excluding carboxylic acids is 2. The van der Waals surface area contributed by atoms with Crippen LogP contribution in [0.15, 0.2) is 36.7 Å². The van der Waals surface area contributed by atoms with E-state index < -0.39 is 17.4 Å². The third kappa shape index (κ3) is 5.18. The second-order valence-electron chi connectivity index (χ2n) is 11.3. The second kappa shape index (κ2) is 9.64. The molecule has 0 unspecified atom stereocenters. The van der Waals surface area contributed by atoms with Crippen molar-refractivity contribution in [3.63, 3.8) is 0 Å². The maximum Gasteiger partial charge on any atom is 0.410 e. The molecule has 1 saturated carbocycles. The maximum atomic E-state index is 13.6. The van der Waals surface area contributed by atoms with E-state index in [-0.39, 0.29) is 24.9 Å². The van der Waals surface area contributed by atoms with Crippen LogP contribution in [0.2, 0.25) is 0 Å². The van der Waals surface area contributed by atoms with E-state index in [1.165, 1.54) is 18.3 Å². The smallest absolute Gasteiger partial charge is 0.410 e. The molecule has 39 heavy (non-hydrogen) atoms. The molecule has 1 aliphatic carbocycles. The molecule has 11 nitrogen and oxygen atoms in total. The van der Waals surface area contributed by atoms with E-state index in [9.17, 15) is 14.7 Å². The molecule has 2 amide bonds. The van der Waals surface area contributed by atoms with Gasteiger partial charge in [0.25, 0.3) is 5.91 Å². The Hall–Kier alpha value is -3.99. The van der Waals surface area contributed by atoms with Crippen molar-refractivity contribution < 1.29 is 24.2 Å². The van der Waals surface area contributed by atoms with Crippen molar-refractivity contribution in [3.05, 3.63) is 53.3 Å². The number of hydrogen-bond donors (Lipinski definition) is 1. The summed E-state index contributed by atoms with van der Waals surface area (Å²) in [5, 5.41) is 19.3. The Bertz CT molecular complexity index is 1420. The molecular formula is C28H34N6O5. The SMILES string of the molecule is COc1cc(CN(C)C(=O)OC(C)(C)C)c2c(c1)C(=O)N(c1cccc(-c3nncn3[C@@](C)(O)C3CC3)n1)C2. The number of carbonyl (C=O) groups is 2. The van der Waals surface area contributed by atoms with Gasteiger partial charge in [0.05, 0.1) is 13.7 Å². The molecule has 1 atom stereocenters. The second-order valence-corrected chi connectivity index (χ2v) is 11.3. The molecule has 3 aromatic rings. The lowest BCUT2D eigenvalue weighted by Crippen LogP contribution is -2.34. The maximum absolute atomic E-state index is 13.6. The van der Waals surface area contributed by atoms with E-state index in [0.717, 1.165) is 24.0 Å². The highest BCUT2D eigenvalue weighted by atomic mass is 16.6. The van der Waals surface area contributed by atoms with Crippen LogP contribution in [-0.2, 0) is 23.6 Å². The third-order valence-corrected chi connectivity index (χ3v) is 7.08. The molecule has 206 valence electrons. The van der Waals surface area contributed by atoms with Gasteiger partial charge in [-0.15, -0.1) is 10.2 Å². The Morgan fingerprint density at radius 2 is 1.95 bits per heavy atom. The molecular weight excluding hydrogens is 500 g/mol. The Morgan fingerprint density at radius 1 is 1.21 bits per heavy atom. The van der Waals surface area contributed by atoms with Gasteiger partial charge in [-0.1, -0.05) is 6.07 Å². The number of aliphatic hydroxyl groups is 1. The summed E-state index contributed by atoms with van der Waals surface area (Å²) < 4.78 is 12.6. The quantitative estimate of drug-likeness (QED) is 0.483. The average molecular weight is 535 g/mol. The van der Waals surface area contributed by atoms with Crippen molar-refractivity contribution >= 4 is 17.8 Å². The lowest BCUT2D eigenvalue weighted by molar-refractivity contribution is -0.0397. The number of fused-ring (bicyclic) bond motifs is 1. The topological polar surface area (TPSA) is 123 Å². The zero-order valence-electron chi connectivity index (χ0n) is 23.1. The van der Waals surface area contributed by atoms with Crippen LogP contribution < -0.4 is 9.64 Å². The highest BCUT2D eigenvalue weighted by molar-refractivity contribution is 6.10. The number of anilines is 1. The predicted molar refractivity (Wildman–Crippen MR) is 143 cm³/mol. The van der Waals surface area contributed by atoms with Crippen molar-refractivity contribution in [2.24, 2.45) is 5.92 Å². The molecule has 0 saturated heterocycles. The van der Waals surface area contributed by atoms with E-state index in [1.807, 2.05) is 26.8 Å². The summed E-state index contributed by atoms with van der Waals surface area (Å²) in [6, 6.07) is 8.89. The number of aromatic nitrogens is 4. The molecule has 1 aromatic carbocycles. The van der Waals surface area contributed by atoms with Gasteiger partial charge in [0.2, 0.25) is 0 Å². The Labute approximate surface area is 227 Å². The first-order valence-corrected chi connectivity index (χ1v) is 12.9. The van der Waals surface area contributed by atoms with Crippen LogP contribution >= 0.6 is 0 Å². The lowest BCUT2D eigenvalue weighted by Gasteiger charge is -2.26. The molecule has 1 aliphatic heterocycles. The fourth-order valence-electron chi connectivity index (χ4n) is 4.83. The van der Waals surface area contributed by atoms with Gasteiger partial charge in [-0.2, -0.15) is 0 Å². The minimum atomic E-state index is -1.12. The monoisotopic (exact) mass is 534 g/mol. The van der Waals surface area contributed by atoms with Gasteiger partial charge >= 0.3 is 6.09 Å². The Morgan fingerprint density at radius 3 is 2.62 bits per heavy atom. The van der Waals surface area contributed by atoms with Crippen molar-refractivity contribution in [2.75, 3.05) is 19.1 Å². The largest absolute Gasteiger partial charge is 0.497 e. The lowest BCUT2D eigenvalue weighted by atomic mass is 10.0. The number of nitrogens with zero attached hydrogens (tertiary/aromatic N) is 6. The normalized spacial score (nSPS) is 16.6. The summed E-state index contributed by atoms with van der Waals surface area (Å²) in [7, 11) is 3.20. The summed E-state index contributed by atoms with van der Waals surface area (Å²) in [6.07, 6.45) is 2.93. The Balaban J connectivity index is 1.44. The fraction of sp³-hybridized carbons (Fsp3) is 0.464. The van der Waals surface area contributed by atoms with Gasteiger partial charge in [-0.3, -0.25) is 14.3 Å². The van der Waals surface area contributed by atoms with E-state index in [2.05, 4.69) is 10.2 Å². The minimum absolute atomic E-state index is 0.136. The highest BCUT2D eigenvalue weighted by Crippen LogP contribution is 2.43. The molecule has 5 rings (SSSR count). The zero-order valence-corrected chi connectivity index (χ0v) is 23.1. The first-order valence-electron chi connectivity index (χ1n) is 12.9. The van der Waals surface area contributed by atoms with Crippen LogP contribution in [0.25, 0.3) is 11.5 Å². The molecule has 0 bridgehead atoms. The number of ether oxygens (including phenoxy) is 2. The standard InChI is InChI=1S/C28H34N6O5/c1-27(2,3)39-26(36)32(5)14-17-12-19(38-6)13-20-21(17)15-33(25(20)35)23-9-7-8-22(30-23)24-31-29-16-34(24)28(4,37)18-10-11-18/h7-9,12-13,16,18,37H,10-11,14-15H2,1-6H3/t28-/m0/s1. The molecule has 2 aliphatic rings. The molecule has 1 N–H and O–H groups in total. The van der Waals surface area contributed by atoms with Gasteiger partial charge in [0.1, 0.15) is 34.9 Å². The van der Waals surface area contributed by atoms with Gasteiger partial charge < -0.3 is 19.5 Å². The summed E-state index contributed by atoms with van der Waals surface area (Å²) in [4.78, 5) is 34.0. The van der Waals surface area contributed by atoms with Crippen molar-refractivity contribution in [2.45, 2.75) is 65.0 Å². The zero-order chi connectivity index (χ0) is 28.1. The number of methoxy groups -OCH3 is 1.